The molecule has 0 heterocycles. The number of hydrogen-bond acceptors (Lipinski definition) is 5. The fourth-order valence-electron chi connectivity index (χ4n) is 0.703. The molecule has 0 bridgehead atoms. The molecule has 0 radical (unpaired) electrons. The smallest absolute Gasteiger partial charge is 0.239 e. The van der Waals surface area contributed by atoms with E-state index >= 15 is 0 Å². The van der Waals surface area contributed by atoms with E-state index in [4.69, 9.17) is 10.9 Å². The first-order chi connectivity index (χ1) is 6.37. The van der Waals surface area contributed by atoms with Gasteiger partial charge in [-0.05, 0) is 0 Å². The zero-order valence-corrected chi connectivity index (χ0v) is 8.71. The average molecular weight is 225 g/mol. The van der Waals surface area contributed by atoms with E-state index in [2.05, 4.69) is 10.1 Å². The van der Waals surface area contributed by atoms with E-state index in [1.165, 1.54) is 7.11 Å². The Labute approximate surface area is 82.8 Å². The number of carbonyl (C=O) groups excluding carboxylic acids is 1. The first kappa shape index (κ1) is 13.3. The van der Waals surface area contributed by atoms with Crippen molar-refractivity contribution in [2.45, 2.75) is 6.04 Å². The third-order valence-corrected chi connectivity index (χ3v) is 2.14. The summed E-state index contributed by atoms with van der Waals surface area (Å²) in [5.74, 6) is -0.770. The summed E-state index contributed by atoms with van der Waals surface area (Å²) in [5.41, 5.74) is 5.36. The van der Waals surface area contributed by atoms with Gasteiger partial charge in [-0.15, -0.1) is 0 Å². The van der Waals surface area contributed by atoms with Crippen LogP contribution in [0.4, 0.5) is 0 Å². The fraction of sp³-hybridized carbons (Fsp3) is 0.833. The van der Waals surface area contributed by atoms with Crippen LogP contribution in [0, 0.1) is 0 Å². The number of nitrogens with two attached hydrogens (primary N) is 2. The van der Waals surface area contributed by atoms with E-state index in [0.29, 0.717) is 0 Å². The van der Waals surface area contributed by atoms with Gasteiger partial charge in [0.15, 0.2) is 0 Å². The minimum absolute atomic E-state index is 0.0465. The molecular weight excluding hydrogens is 210 g/mol. The number of nitrogens with one attached hydrogen (secondary N) is 1. The van der Waals surface area contributed by atoms with E-state index in [9.17, 15) is 13.2 Å². The summed E-state index contributed by atoms with van der Waals surface area (Å²) in [6.45, 7) is 0.0380. The maximum atomic E-state index is 11.1. The Hall–Kier alpha value is -0.700. The molecule has 1 atom stereocenters. The second kappa shape index (κ2) is 5.91. The molecule has 0 aliphatic carbocycles. The molecule has 7 nitrogen and oxygen atoms in total. The molecule has 0 aromatic heterocycles. The summed E-state index contributed by atoms with van der Waals surface area (Å²) in [4.78, 5) is 11.1. The molecule has 14 heavy (non-hydrogen) atoms. The molecule has 1 amide bonds. The number of ether oxygens (including phenoxy) is 1. The van der Waals surface area contributed by atoms with Gasteiger partial charge < -0.3 is 15.8 Å². The number of methoxy groups -OCH3 is 1. The van der Waals surface area contributed by atoms with Crippen molar-refractivity contribution in [3.63, 3.8) is 0 Å². The van der Waals surface area contributed by atoms with Crippen molar-refractivity contribution in [1.82, 2.24) is 5.32 Å². The van der Waals surface area contributed by atoms with Gasteiger partial charge in [0.05, 0.1) is 12.4 Å². The van der Waals surface area contributed by atoms with Crippen LogP contribution in [0.2, 0.25) is 0 Å². The van der Waals surface area contributed by atoms with E-state index in [1.54, 1.807) is 0 Å². The standard InChI is InChI=1S/C6H15N3O4S/c1-13-4-5(7)6(10)9-2-3-14(8,11)12/h5H,2-4,7H2,1H3,(H,9,10)(H2,8,11,12). The molecule has 0 spiro atoms. The Bertz CT molecular complexity index is 277. The van der Waals surface area contributed by atoms with Crippen molar-refractivity contribution >= 4 is 15.9 Å². The largest absolute Gasteiger partial charge is 0.383 e. The normalized spacial score (nSPS) is 13.6. The Morgan fingerprint density at radius 1 is 1.57 bits per heavy atom. The lowest BCUT2D eigenvalue weighted by Crippen LogP contribution is -2.45. The van der Waals surface area contributed by atoms with E-state index in [0.717, 1.165) is 0 Å². The highest BCUT2D eigenvalue weighted by molar-refractivity contribution is 7.89. The van der Waals surface area contributed by atoms with Crippen molar-refractivity contribution in [3.8, 4) is 0 Å². The number of carbonyl (C=O) groups is 1. The fourth-order valence-corrected chi connectivity index (χ4v) is 1.09. The molecule has 1 unspecified atom stereocenters. The van der Waals surface area contributed by atoms with Crippen LogP contribution in [0.5, 0.6) is 0 Å². The second-order valence-corrected chi connectivity index (χ2v) is 4.45. The minimum Gasteiger partial charge on any atom is -0.383 e. The van der Waals surface area contributed by atoms with E-state index in [-0.39, 0.29) is 18.9 Å². The van der Waals surface area contributed by atoms with Gasteiger partial charge in [-0.3, -0.25) is 4.79 Å². The summed E-state index contributed by atoms with van der Waals surface area (Å²) in [6.07, 6.45) is 0. The van der Waals surface area contributed by atoms with Gasteiger partial charge in [-0.2, -0.15) is 0 Å². The Kier molecular flexibility index (Phi) is 5.62. The van der Waals surface area contributed by atoms with Crippen molar-refractivity contribution in [2.75, 3.05) is 26.0 Å². The molecule has 0 aromatic carbocycles. The molecule has 0 rings (SSSR count). The predicted octanol–water partition coefficient (Wildman–Crippen LogP) is -2.64. The summed E-state index contributed by atoms with van der Waals surface area (Å²) >= 11 is 0. The SMILES string of the molecule is COCC(N)C(=O)NCCS(N)(=O)=O. The zero-order chi connectivity index (χ0) is 11.2. The Balaban J connectivity index is 3.75. The molecule has 0 saturated carbocycles. The molecule has 0 aliphatic rings. The van der Waals surface area contributed by atoms with Gasteiger partial charge >= 0.3 is 0 Å². The molecule has 0 aromatic rings. The number of amides is 1. The first-order valence-corrected chi connectivity index (χ1v) is 5.61. The monoisotopic (exact) mass is 225 g/mol. The van der Waals surface area contributed by atoms with Crippen molar-refractivity contribution in [2.24, 2.45) is 10.9 Å². The molecule has 0 aliphatic heterocycles. The molecule has 8 heteroatoms. The minimum atomic E-state index is -3.54. The van der Waals surface area contributed by atoms with Crippen LogP contribution in [0.15, 0.2) is 0 Å². The third-order valence-electron chi connectivity index (χ3n) is 1.37. The summed E-state index contributed by atoms with van der Waals surface area (Å²) in [5, 5.41) is 7.04. The van der Waals surface area contributed by atoms with Crippen molar-refractivity contribution < 1.29 is 17.9 Å². The lowest BCUT2D eigenvalue weighted by molar-refractivity contribution is -0.123. The summed E-state index contributed by atoms with van der Waals surface area (Å²) in [6, 6.07) is -0.791. The van der Waals surface area contributed by atoms with Crippen LogP contribution in [0.3, 0.4) is 0 Å². The van der Waals surface area contributed by atoms with E-state index < -0.39 is 22.0 Å². The van der Waals surface area contributed by atoms with Gasteiger partial charge in [-0.25, -0.2) is 13.6 Å². The second-order valence-electron chi connectivity index (χ2n) is 2.72. The van der Waals surface area contributed by atoms with Gasteiger partial charge in [0.1, 0.15) is 6.04 Å². The number of primary sulfonamides is 1. The highest BCUT2D eigenvalue weighted by atomic mass is 32.2. The Morgan fingerprint density at radius 3 is 2.57 bits per heavy atom. The highest BCUT2D eigenvalue weighted by Gasteiger charge is 2.12. The summed E-state index contributed by atoms with van der Waals surface area (Å²) < 4.78 is 25.6. The zero-order valence-electron chi connectivity index (χ0n) is 7.89. The summed E-state index contributed by atoms with van der Waals surface area (Å²) in [7, 11) is -2.13. The van der Waals surface area contributed by atoms with Gasteiger partial charge in [0.2, 0.25) is 15.9 Å². The molecule has 84 valence electrons. The first-order valence-electron chi connectivity index (χ1n) is 3.89. The average Bonchev–Trinajstić information content (AvgIpc) is 2.02. The van der Waals surface area contributed by atoms with Crippen LogP contribution in [0.1, 0.15) is 0 Å². The van der Waals surface area contributed by atoms with Crippen molar-refractivity contribution in [1.29, 1.82) is 0 Å². The predicted molar refractivity (Wildman–Crippen MR) is 50.8 cm³/mol. The molecule has 5 N–H and O–H groups in total. The van der Waals surface area contributed by atoms with Crippen LogP contribution >= 0.6 is 0 Å². The third kappa shape index (κ3) is 6.78. The van der Waals surface area contributed by atoms with Gasteiger partial charge in [-0.1, -0.05) is 0 Å². The highest BCUT2D eigenvalue weighted by Crippen LogP contribution is 1.81. The Morgan fingerprint density at radius 2 is 2.14 bits per heavy atom. The number of sulfonamides is 1. The maximum Gasteiger partial charge on any atom is 0.239 e. The van der Waals surface area contributed by atoms with E-state index in [1.807, 2.05) is 0 Å². The van der Waals surface area contributed by atoms with Crippen LogP contribution < -0.4 is 16.2 Å². The molecule has 0 saturated heterocycles. The lowest BCUT2D eigenvalue weighted by atomic mass is 10.3. The van der Waals surface area contributed by atoms with Crippen LogP contribution in [-0.4, -0.2) is 46.4 Å². The number of hydrogen-bond donors (Lipinski definition) is 3. The topological polar surface area (TPSA) is 125 Å². The van der Waals surface area contributed by atoms with Gasteiger partial charge in [0.25, 0.3) is 0 Å². The van der Waals surface area contributed by atoms with Crippen molar-refractivity contribution in [3.05, 3.63) is 0 Å². The maximum absolute atomic E-state index is 11.1. The molecule has 0 fully saturated rings. The molecular formula is C6H15N3O4S. The number of rotatable bonds is 6. The van der Waals surface area contributed by atoms with Crippen LogP contribution in [-0.2, 0) is 19.6 Å². The van der Waals surface area contributed by atoms with Gasteiger partial charge in [0, 0.05) is 13.7 Å². The van der Waals surface area contributed by atoms with Crippen LogP contribution in [0.25, 0.3) is 0 Å². The quantitative estimate of drug-likeness (QED) is 0.456. The lowest BCUT2D eigenvalue weighted by Gasteiger charge is -2.10.